The Balaban J connectivity index is 1.75. The van der Waals surface area contributed by atoms with Crippen LogP contribution in [-0.4, -0.2) is 21.1 Å². The van der Waals surface area contributed by atoms with Crippen molar-refractivity contribution in [1.82, 2.24) is 15.2 Å². The topological polar surface area (TPSA) is 70.7 Å². The van der Waals surface area contributed by atoms with Gasteiger partial charge >= 0.3 is 0 Å². The molecule has 0 aliphatic heterocycles. The lowest BCUT2D eigenvalue weighted by molar-refractivity contribution is 0.102. The third-order valence-electron chi connectivity index (χ3n) is 4.05. The quantitative estimate of drug-likeness (QED) is 0.581. The molecule has 0 aliphatic carbocycles. The normalized spacial score (nSPS) is 10.9. The molecule has 0 unspecified atom stereocenters. The maximum absolute atomic E-state index is 12.8. The summed E-state index contributed by atoms with van der Waals surface area (Å²) in [4.78, 5) is 17.4. The van der Waals surface area contributed by atoms with Gasteiger partial charge in [-0.25, -0.2) is 5.10 Å². The maximum Gasteiger partial charge on any atom is 0.268 e. The second-order valence-electron chi connectivity index (χ2n) is 5.86. The van der Waals surface area contributed by atoms with Gasteiger partial charge in [-0.1, -0.05) is 48.0 Å². The first-order valence-corrected chi connectivity index (χ1v) is 8.75. The molecule has 2 N–H and O–H groups in total. The number of anilines is 1. The zero-order chi connectivity index (χ0) is 17.2. The van der Waals surface area contributed by atoms with E-state index in [9.17, 15) is 4.79 Å². The van der Waals surface area contributed by atoms with Crippen LogP contribution in [0.3, 0.4) is 0 Å². The van der Waals surface area contributed by atoms with Crippen molar-refractivity contribution in [3.05, 3.63) is 76.4 Å². The van der Waals surface area contributed by atoms with E-state index in [2.05, 4.69) is 57.8 Å². The number of aryl methyl sites for hydroxylation is 1. The van der Waals surface area contributed by atoms with Crippen molar-refractivity contribution in [3.63, 3.8) is 0 Å². The van der Waals surface area contributed by atoms with E-state index in [0.717, 1.165) is 15.6 Å². The minimum atomic E-state index is -0.167. The number of hydrogen-bond donors (Lipinski definition) is 2. The number of rotatable bonds is 4. The number of H-pyrrole nitrogens is 1. The first-order chi connectivity index (χ1) is 12.2. The van der Waals surface area contributed by atoms with E-state index in [1.165, 1.54) is 28.8 Å². The Morgan fingerprint density at radius 2 is 1.96 bits per heavy atom. The molecular weight excluding hydrogens is 332 g/mol. The zero-order valence-corrected chi connectivity index (χ0v) is 14.4. The SMILES string of the molecule is Cc1ccc(Cc2c(C(=O)Nc3ncn[nH]3)sc3ccccc23)cc1. The van der Waals surface area contributed by atoms with Crippen LogP contribution < -0.4 is 5.32 Å². The minimum Gasteiger partial charge on any atom is -0.290 e. The largest absolute Gasteiger partial charge is 0.290 e. The second kappa shape index (κ2) is 6.49. The van der Waals surface area contributed by atoms with Gasteiger partial charge in [0.25, 0.3) is 5.91 Å². The zero-order valence-electron chi connectivity index (χ0n) is 13.6. The van der Waals surface area contributed by atoms with Crippen LogP contribution in [0.15, 0.2) is 54.9 Å². The number of thiophene rings is 1. The molecule has 2 aromatic heterocycles. The van der Waals surface area contributed by atoms with Gasteiger partial charge in [-0.3, -0.25) is 10.1 Å². The van der Waals surface area contributed by atoms with Crippen LogP contribution in [0.25, 0.3) is 10.1 Å². The lowest BCUT2D eigenvalue weighted by Crippen LogP contribution is -2.13. The van der Waals surface area contributed by atoms with Crippen molar-refractivity contribution in [2.24, 2.45) is 0 Å². The molecule has 2 heterocycles. The van der Waals surface area contributed by atoms with E-state index in [-0.39, 0.29) is 5.91 Å². The molecule has 4 aromatic rings. The molecule has 0 spiro atoms. The van der Waals surface area contributed by atoms with Crippen molar-refractivity contribution in [3.8, 4) is 0 Å². The Hall–Kier alpha value is -2.99. The second-order valence-corrected chi connectivity index (χ2v) is 6.91. The summed E-state index contributed by atoms with van der Waals surface area (Å²) in [6, 6.07) is 16.5. The molecule has 0 radical (unpaired) electrons. The Morgan fingerprint density at radius 3 is 2.72 bits per heavy atom. The molecule has 6 heteroatoms. The van der Waals surface area contributed by atoms with Crippen molar-refractivity contribution in [2.45, 2.75) is 13.3 Å². The molecule has 0 aliphatic rings. The van der Waals surface area contributed by atoms with Gasteiger partial charge in [-0.15, -0.1) is 11.3 Å². The smallest absolute Gasteiger partial charge is 0.268 e. The maximum atomic E-state index is 12.8. The summed E-state index contributed by atoms with van der Waals surface area (Å²) in [6.45, 7) is 2.07. The Morgan fingerprint density at radius 1 is 1.16 bits per heavy atom. The van der Waals surface area contributed by atoms with Gasteiger partial charge in [0.05, 0.1) is 4.88 Å². The predicted octanol–water partition coefficient (Wildman–Crippen LogP) is 4.17. The summed E-state index contributed by atoms with van der Waals surface area (Å²) in [6.07, 6.45) is 2.08. The number of nitrogens with zero attached hydrogens (tertiary/aromatic N) is 2. The Bertz CT molecular complexity index is 1020. The fraction of sp³-hybridized carbons (Fsp3) is 0.105. The molecule has 2 aromatic carbocycles. The molecule has 0 fully saturated rings. The minimum absolute atomic E-state index is 0.167. The standard InChI is InChI=1S/C19H16N4OS/c1-12-6-8-13(9-7-12)10-15-14-4-2-3-5-16(14)25-17(15)18(24)22-19-20-11-21-23-19/h2-9,11H,10H2,1H3,(H2,20,21,22,23,24). The first kappa shape index (κ1) is 15.5. The summed E-state index contributed by atoms with van der Waals surface area (Å²) >= 11 is 1.50. The molecular formula is C19H16N4OS. The Labute approximate surface area is 148 Å². The highest BCUT2D eigenvalue weighted by molar-refractivity contribution is 7.21. The van der Waals surface area contributed by atoms with Gasteiger partial charge in [0.15, 0.2) is 0 Å². The third-order valence-corrected chi connectivity index (χ3v) is 5.26. The highest BCUT2D eigenvalue weighted by Gasteiger charge is 2.19. The number of nitrogens with one attached hydrogen (secondary N) is 2. The molecule has 1 amide bonds. The van der Waals surface area contributed by atoms with Crippen molar-refractivity contribution in [2.75, 3.05) is 5.32 Å². The summed E-state index contributed by atoms with van der Waals surface area (Å²) in [5, 5.41) is 10.3. The number of hydrogen-bond acceptors (Lipinski definition) is 4. The molecule has 0 saturated carbocycles. The van der Waals surface area contributed by atoms with Crippen molar-refractivity contribution >= 4 is 33.3 Å². The number of benzene rings is 2. The lowest BCUT2D eigenvalue weighted by atomic mass is 10.0. The molecule has 4 rings (SSSR count). The number of carbonyl (C=O) groups excluding carboxylic acids is 1. The van der Waals surface area contributed by atoms with Crippen LogP contribution in [0.5, 0.6) is 0 Å². The molecule has 0 saturated heterocycles. The molecule has 0 bridgehead atoms. The van der Waals surface area contributed by atoms with Gasteiger partial charge in [-0.2, -0.15) is 10.1 Å². The molecule has 5 nitrogen and oxygen atoms in total. The summed E-state index contributed by atoms with van der Waals surface area (Å²) in [5.41, 5.74) is 3.45. The van der Waals surface area contributed by atoms with Gasteiger partial charge in [0.2, 0.25) is 5.95 Å². The Kier molecular flexibility index (Phi) is 4.03. The number of amides is 1. The third kappa shape index (κ3) is 3.16. The first-order valence-electron chi connectivity index (χ1n) is 7.93. The van der Waals surface area contributed by atoms with E-state index in [1.807, 2.05) is 18.2 Å². The van der Waals surface area contributed by atoms with Crippen LogP contribution in [-0.2, 0) is 6.42 Å². The molecule has 25 heavy (non-hydrogen) atoms. The highest BCUT2D eigenvalue weighted by atomic mass is 32.1. The van der Waals surface area contributed by atoms with E-state index in [0.29, 0.717) is 17.2 Å². The van der Waals surface area contributed by atoms with E-state index in [1.54, 1.807) is 0 Å². The number of fused-ring (bicyclic) bond motifs is 1. The fourth-order valence-electron chi connectivity index (χ4n) is 2.80. The van der Waals surface area contributed by atoms with Gasteiger partial charge in [0.1, 0.15) is 6.33 Å². The number of carbonyl (C=O) groups is 1. The molecule has 0 atom stereocenters. The van der Waals surface area contributed by atoms with Crippen LogP contribution >= 0.6 is 11.3 Å². The molecule has 124 valence electrons. The van der Waals surface area contributed by atoms with E-state index < -0.39 is 0 Å². The predicted molar refractivity (Wildman–Crippen MR) is 100 cm³/mol. The average Bonchev–Trinajstić information content (AvgIpc) is 3.25. The number of aromatic nitrogens is 3. The van der Waals surface area contributed by atoms with Crippen molar-refractivity contribution in [1.29, 1.82) is 0 Å². The van der Waals surface area contributed by atoms with Crippen LogP contribution in [0.2, 0.25) is 0 Å². The number of aromatic amines is 1. The van der Waals surface area contributed by atoms with Gasteiger partial charge < -0.3 is 0 Å². The highest BCUT2D eigenvalue weighted by Crippen LogP contribution is 2.33. The summed E-state index contributed by atoms with van der Waals surface area (Å²) < 4.78 is 1.10. The van der Waals surface area contributed by atoms with Crippen molar-refractivity contribution < 1.29 is 4.79 Å². The fourth-order valence-corrected chi connectivity index (χ4v) is 3.91. The van der Waals surface area contributed by atoms with Gasteiger partial charge in [0, 0.05) is 4.70 Å². The summed E-state index contributed by atoms with van der Waals surface area (Å²) in [5.74, 6) is 0.184. The van der Waals surface area contributed by atoms with Gasteiger partial charge in [-0.05, 0) is 35.9 Å². The average molecular weight is 348 g/mol. The monoisotopic (exact) mass is 348 g/mol. The van der Waals surface area contributed by atoms with E-state index in [4.69, 9.17) is 0 Å². The van der Waals surface area contributed by atoms with Crippen LogP contribution in [0.4, 0.5) is 5.95 Å². The van der Waals surface area contributed by atoms with Crippen LogP contribution in [0.1, 0.15) is 26.4 Å². The summed E-state index contributed by atoms with van der Waals surface area (Å²) in [7, 11) is 0. The van der Waals surface area contributed by atoms with Crippen LogP contribution in [0, 0.1) is 6.92 Å². The van der Waals surface area contributed by atoms with E-state index >= 15 is 0 Å². The lowest BCUT2D eigenvalue weighted by Gasteiger charge is -2.06.